The van der Waals surface area contributed by atoms with E-state index < -0.39 is 0 Å². The molecule has 1 aliphatic rings. The van der Waals surface area contributed by atoms with Gasteiger partial charge < -0.3 is 5.32 Å². The molecule has 0 saturated carbocycles. The first-order valence-electron chi connectivity index (χ1n) is 5.03. The fraction of sp³-hybridized carbons (Fsp3) is 0.417. The Balaban J connectivity index is 2.41. The Labute approximate surface area is 84.3 Å². The molecule has 1 N–H and O–H groups in total. The highest BCUT2D eigenvalue weighted by molar-refractivity contribution is 5.79. The predicted octanol–water partition coefficient (Wildman–Crippen LogP) is 2.35. The van der Waals surface area contributed by atoms with E-state index in [9.17, 15) is 4.79 Å². The number of fused-ring (bicyclic) bond motifs is 1. The molecule has 1 unspecified atom stereocenters. The van der Waals surface area contributed by atoms with Gasteiger partial charge in [-0.2, -0.15) is 0 Å². The van der Waals surface area contributed by atoms with Crippen molar-refractivity contribution in [3.8, 4) is 0 Å². The zero-order valence-electron chi connectivity index (χ0n) is 8.63. The van der Waals surface area contributed by atoms with Gasteiger partial charge in [0.2, 0.25) is 0 Å². The number of Topliss-reactive ketones (excluding diaryl/α,β-unsaturated/α-hetero) is 1. The van der Waals surface area contributed by atoms with E-state index in [2.05, 4.69) is 24.4 Å². The molecule has 1 heterocycles. The average Bonchev–Trinajstić information content (AvgIpc) is 2.48. The summed E-state index contributed by atoms with van der Waals surface area (Å²) in [5, 5.41) is 3.35. The average molecular weight is 189 g/mol. The topological polar surface area (TPSA) is 29.1 Å². The van der Waals surface area contributed by atoms with Crippen LogP contribution in [0, 0.1) is 0 Å². The third kappa shape index (κ3) is 1.52. The summed E-state index contributed by atoms with van der Waals surface area (Å²) in [6.07, 6.45) is 0.565. The van der Waals surface area contributed by atoms with Crippen LogP contribution in [-0.2, 0) is 11.2 Å². The fourth-order valence-electron chi connectivity index (χ4n) is 2.14. The van der Waals surface area contributed by atoms with E-state index in [4.69, 9.17) is 0 Å². The molecule has 0 bridgehead atoms. The van der Waals surface area contributed by atoms with Gasteiger partial charge in [-0.25, -0.2) is 0 Å². The molecule has 0 saturated heterocycles. The molecule has 0 amide bonds. The van der Waals surface area contributed by atoms with E-state index in [1.807, 2.05) is 6.07 Å². The molecule has 0 fully saturated rings. The minimum Gasteiger partial charge on any atom is -0.384 e. The lowest BCUT2D eigenvalue weighted by molar-refractivity contribution is -0.116. The Morgan fingerprint density at radius 3 is 3.07 bits per heavy atom. The van der Waals surface area contributed by atoms with E-state index in [0.29, 0.717) is 12.3 Å². The van der Waals surface area contributed by atoms with Crippen LogP contribution in [0.4, 0.5) is 5.69 Å². The fourth-order valence-corrected chi connectivity index (χ4v) is 2.14. The van der Waals surface area contributed by atoms with Gasteiger partial charge >= 0.3 is 0 Å². The minimum atomic E-state index is 0.234. The van der Waals surface area contributed by atoms with Crippen LogP contribution in [0.3, 0.4) is 0 Å². The van der Waals surface area contributed by atoms with Crippen molar-refractivity contribution >= 4 is 11.5 Å². The largest absolute Gasteiger partial charge is 0.384 e. The van der Waals surface area contributed by atoms with E-state index in [1.54, 1.807) is 6.92 Å². The first-order chi connectivity index (χ1) is 6.68. The van der Waals surface area contributed by atoms with Crippen molar-refractivity contribution in [3.63, 3.8) is 0 Å². The third-order valence-electron chi connectivity index (χ3n) is 2.73. The van der Waals surface area contributed by atoms with Gasteiger partial charge in [0.1, 0.15) is 5.78 Å². The highest BCUT2D eigenvalue weighted by atomic mass is 16.1. The van der Waals surface area contributed by atoms with Crippen LogP contribution < -0.4 is 5.32 Å². The van der Waals surface area contributed by atoms with Crippen molar-refractivity contribution < 1.29 is 4.79 Å². The molecule has 0 aromatic heterocycles. The number of carbonyl (C=O) groups is 1. The van der Waals surface area contributed by atoms with Crippen LogP contribution in [0.1, 0.15) is 30.9 Å². The molecule has 74 valence electrons. The van der Waals surface area contributed by atoms with Crippen molar-refractivity contribution in [2.24, 2.45) is 0 Å². The Morgan fingerprint density at radius 1 is 1.57 bits per heavy atom. The molecule has 0 radical (unpaired) electrons. The predicted molar refractivity (Wildman–Crippen MR) is 57.7 cm³/mol. The standard InChI is InChI=1S/C12H15NO/c1-8-7-13-11-5-3-4-10(12(8)11)6-9(2)14/h3-5,8,13H,6-7H2,1-2H3. The van der Waals surface area contributed by atoms with Gasteiger partial charge in [0, 0.05) is 24.6 Å². The Hall–Kier alpha value is -1.31. The SMILES string of the molecule is CC(=O)Cc1cccc2c1C(C)CN2. The Bertz CT molecular complexity index is 371. The molecule has 0 aliphatic carbocycles. The first-order valence-corrected chi connectivity index (χ1v) is 5.03. The monoisotopic (exact) mass is 189 g/mol. The van der Waals surface area contributed by atoms with Crippen molar-refractivity contribution in [1.82, 2.24) is 0 Å². The second-order valence-electron chi connectivity index (χ2n) is 4.04. The van der Waals surface area contributed by atoms with Crippen molar-refractivity contribution in [3.05, 3.63) is 29.3 Å². The smallest absolute Gasteiger partial charge is 0.134 e. The second kappa shape index (κ2) is 3.45. The van der Waals surface area contributed by atoms with E-state index in [0.717, 1.165) is 6.54 Å². The molecule has 14 heavy (non-hydrogen) atoms. The quantitative estimate of drug-likeness (QED) is 0.773. The third-order valence-corrected chi connectivity index (χ3v) is 2.73. The molecule has 0 spiro atoms. The summed E-state index contributed by atoms with van der Waals surface area (Å²) in [4.78, 5) is 11.1. The lowest BCUT2D eigenvalue weighted by Crippen LogP contribution is -2.02. The number of benzene rings is 1. The van der Waals surface area contributed by atoms with Crippen LogP contribution in [0.15, 0.2) is 18.2 Å². The van der Waals surface area contributed by atoms with Crippen LogP contribution in [-0.4, -0.2) is 12.3 Å². The molecule has 1 atom stereocenters. The molecule has 1 aliphatic heterocycles. The number of ketones is 1. The zero-order valence-corrected chi connectivity index (χ0v) is 8.63. The molecular weight excluding hydrogens is 174 g/mol. The summed E-state index contributed by atoms with van der Waals surface area (Å²) in [7, 11) is 0. The Kier molecular flexibility index (Phi) is 2.28. The summed E-state index contributed by atoms with van der Waals surface area (Å²) in [6, 6.07) is 6.16. The number of carbonyl (C=O) groups excluding carboxylic acids is 1. The number of hydrogen-bond acceptors (Lipinski definition) is 2. The van der Waals surface area contributed by atoms with Crippen molar-refractivity contribution in [2.75, 3.05) is 11.9 Å². The molecular formula is C12H15NO. The molecule has 2 rings (SSSR count). The maximum Gasteiger partial charge on any atom is 0.134 e. The Morgan fingerprint density at radius 2 is 2.36 bits per heavy atom. The summed E-state index contributed by atoms with van der Waals surface area (Å²) in [5.41, 5.74) is 3.73. The van der Waals surface area contributed by atoms with Crippen LogP contribution in [0.2, 0.25) is 0 Å². The van der Waals surface area contributed by atoms with E-state index >= 15 is 0 Å². The van der Waals surface area contributed by atoms with Crippen LogP contribution in [0.5, 0.6) is 0 Å². The molecule has 1 aromatic carbocycles. The van der Waals surface area contributed by atoms with Gasteiger partial charge in [-0.3, -0.25) is 4.79 Å². The van der Waals surface area contributed by atoms with Crippen molar-refractivity contribution in [1.29, 1.82) is 0 Å². The summed E-state index contributed by atoms with van der Waals surface area (Å²) < 4.78 is 0. The first kappa shape index (κ1) is 9.25. The zero-order chi connectivity index (χ0) is 10.1. The number of anilines is 1. The highest BCUT2D eigenvalue weighted by Crippen LogP contribution is 2.33. The number of rotatable bonds is 2. The second-order valence-corrected chi connectivity index (χ2v) is 4.04. The van der Waals surface area contributed by atoms with Gasteiger partial charge in [-0.1, -0.05) is 19.1 Å². The van der Waals surface area contributed by atoms with Crippen molar-refractivity contribution in [2.45, 2.75) is 26.2 Å². The lowest BCUT2D eigenvalue weighted by atomic mass is 9.94. The number of hydrogen-bond donors (Lipinski definition) is 1. The molecule has 2 heteroatoms. The number of nitrogens with one attached hydrogen (secondary N) is 1. The molecule has 2 nitrogen and oxygen atoms in total. The summed E-state index contributed by atoms with van der Waals surface area (Å²) in [6.45, 7) is 4.83. The molecule has 1 aromatic rings. The van der Waals surface area contributed by atoms with Gasteiger partial charge in [-0.05, 0) is 24.1 Å². The maximum atomic E-state index is 11.1. The van der Waals surface area contributed by atoms with Gasteiger partial charge in [0.25, 0.3) is 0 Å². The van der Waals surface area contributed by atoms with Gasteiger partial charge in [0.05, 0.1) is 0 Å². The van der Waals surface area contributed by atoms with E-state index in [-0.39, 0.29) is 5.78 Å². The maximum absolute atomic E-state index is 11.1. The summed E-state index contributed by atoms with van der Waals surface area (Å²) >= 11 is 0. The minimum absolute atomic E-state index is 0.234. The van der Waals surface area contributed by atoms with Gasteiger partial charge in [0.15, 0.2) is 0 Å². The van der Waals surface area contributed by atoms with Gasteiger partial charge in [-0.15, -0.1) is 0 Å². The highest BCUT2D eigenvalue weighted by Gasteiger charge is 2.21. The van der Waals surface area contributed by atoms with Crippen LogP contribution >= 0.6 is 0 Å². The van der Waals surface area contributed by atoms with E-state index in [1.165, 1.54) is 16.8 Å². The normalized spacial score (nSPS) is 18.9. The lowest BCUT2D eigenvalue weighted by Gasteiger charge is -2.09. The summed E-state index contributed by atoms with van der Waals surface area (Å²) in [5.74, 6) is 0.762. The van der Waals surface area contributed by atoms with Crippen LogP contribution in [0.25, 0.3) is 0 Å².